The zero-order chi connectivity index (χ0) is 22.2. The number of benzene rings is 1. The van der Waals surface area contributed by atoms with E-state index in [1.807, 2.05) is 6.07 Å². The van der Waals surface area contributed by atoms with Crippen molar-refractivity contribution >= 4 is 17.8 Å². The third-order valence-electron chi connectivity index (χ3n) is 5.73. The van der Waals surface area contributed by atoms with Crippen molar-refractivity contribution in [1.82, 2.24) is 5.32 Å². The Morgan fingerprint density at radius 3 is 2.47 bits per heavy atom. The van der Waals surface area contributed by atoms with Crippen LogP contribution in [0.25, 0.3) is 0 Å². The number of hydrogen-bond acceptors (Lipinski definition) is 5. The van der Waals surface area contributed by atoms with E-state index < -0.39 is 6.09 Å². The van der Waals surface area contributed by atoms with Crippen molar-refractivity contribution in [3.8, 4) is 0 Å². The molecule has 6 heteroatoms. The molecular formula is C24H35NO5. The molecule has 1 saturated carbocycles. The predicted octanol–water partition coefficient (Wildman–Crippen LogP) is 4.77. The van der Waals surface area contributed by atoms with Crippen LogP contribution in [-0.4, -0.2) is 38.1 Å². The summed E-state index contributed by atoms with van der Waals surface area (Å²) < 4.78 is 9.95. The monoisotopic (exact) mass is 417 g/mol. The third-order valence-corrected chi connectivity index (χ3v) is 5.73. The molecule has 1 fully saturated rings. The van der Waals surface area contributed by atoms with Gasteiger partial charge in [-0.2, -0.15) is 0 Å². The highest BCUT2D eigenvalue weighted by atomic mass is 16.5. The number of carbonyl (C=O) groups is 3. The number of amides is 1. The molecule has 0 aromatic heterocycles. The van der Waals surface area contributed by atoms with Gasteiger partial charge in [0.2, 0.25) is 0 Å². The first-order chi connectivity index (χ1) is 14.1. The van der Waals surface area contributed by atoms with Crippen LogP contribution < -0.4 is 5.32 Å². The molecule has 0 aliphatic heterocycles. The molecule has 1 amide bonds. The first-order valence-electron chi connectivity index (χ1n) is 10.7. The lowest BCUT2D eigenvalue weighted by Crippen LogP contribution is -2.44. The van der Waals surface area contributed by atoms with Gasteiger partial charge < -0.3 is 14.8 Å². The van der Waals surface area contributed by atoms with E-state index in [0.29, 0.717) is 31.4 Å². The number of carbonyl (C=O) groups excluding carboxylic acids is 3. The van der Waals surface area contributed by atoms with Crippen LogP contribution in [0.2, 0.25) is 0 Å². The highest BCUT2D eigenvalue weighted by molar-refractivity contribution is 5.89. The Labute approximate surface area is 179 Å². The number of hydrogen-bond donors (Lipinski definition) is 1. The van der Waals surface area contributed by atoms with Crippen LogP contribution in [0.3, 0.4) is 0 Å². The summed E-state index contributed by atoms with van der Waals surface area (Å²) in [6, 6.07) is 8.85. The van der Waals surface area contributed by atoms with E-state index in [1.165, 1.54) is 7.11 Å². The quantitative estimate of drug-likeness (QED) is 0.462. The highest BCUT2D eigenvalue weighted by Gasteiger charge is 2.41. The summed E-state index contributed by atoms with van der Waals surface area (Å²) in [5.74, 6) is 0.139. The molecule has 1 aromatic rings. The molecule has 2 unspecified atom stereocenters. The molecule has 1 aliphatic rings. The summed E-state index contributed by atoms with van der Waals surface area (Å²) in [4.78, 5) is 35.9. The molecule has 0 radical (unpaired) electrons. The van der Waals surface area contributed by atoms with Crippen molar-refractivity contribution in [3.63, 3.8) is 0 Å². The Kier molecular flexibility index (Phi) is 8.44. The van der Waals surface area contributed by atoms with Gasteiger partial charge in [0.1, 0.15) is 5.78 Å². The van der Waals surface area contributed by atoms with Gasteiger partial charge in [-0.25, -0.2) is 9.59 Å². The Bertz CT molecular complexity index is 730. The second-order valence-corrected chi connectivity index (χ2v) is 9.62. The van der Waals surface area contributed by atoms with Crippen LogP contribution in [-0.2, 0) is 14.3 Å². The molecule has 1 aromatic carbocycles. The fraction of sp³-hybridized carbons (Fsp3) is 0.625. The van der Waals surface area contributed by atoms with Crippen LogP contribution in [0.1, 0.15) is 69.7 Å². The van der Waals surface area contributed by atoms with E-state index in [-0.39, 0.29) is 35.1 Å². The maximum Gasteiger partial charge on any atom is 0.406 e. The smallest absolute Gasteiger partial charge is 0.406 e. The van der Waals surface area contributed by atoms with Gasteiger partial charge >= 0.3 is 12.1 Å². The molecule has 2 rings (SSSR count). The number of Topliss-reactive ketones (excluding diaryl/α,β-unsaturated/α-hetero) is 1. The number of alkyl carbamates (subject to hydrolysis) is 1. The van der Waals surface area contributed by atoms with E-state index in [4.69, 9.17) is 4.74 Å². The van der Waals surface area contributed by atoms with Gasteiger partial charge in [-0.3, -0.25) is 4.79 Å². The van der Waals surface area contributed by atoms with Crippen LogP contribution in [0, 0.1) is 16.7 Å². The summed E-state index contributed by atoms with van der Waals surface area (Å²) in [7, 11) is 1.36. The molecule has 1 aliphatic carbocycles. The lowest BCUT2D eigenvalue weighted by Gasteiger charge is -2.46. The number of ether oxygens (including phenoxy) is 2. The van der Waals surface area contributed by atoms with Gasteiger partial charge in [0.25, 0.3) is 0 Å². The van der Waals surface area contributed by atoms with E-state index in [9.17, 15) is 14.4 Å². The van der Waals surface area contributed by atoms with E-state index in [2.05, 4.69) is 30.8 Å². The summed E-state index contributed by atoms with van der Waals surface area (Å²) in [6.45, 7) is 7.41. The Hall–Kier alpha value is -2.37. The second-order valence-electron chi connectivity index (χ2n) is 9.62. The number of rotatable bonds is 9. The van der Waals surface area contributed by atoms with Gasteiger partial charge in [-0.05, 0) is 54.6 Å². The van der Waals surface area contributed by atoms with Crippen molar-refractivity contribution < 1.29 is 23.9 Å². The molecular weight excluding hydrogens is 382 g/mol. The Morgan fingerprint density at radius 2 is 1.80 bits per heavy atom. The van der Waals surface area contributed by atoms with Crippen LogP contribution in [0.15, 0.2) is 30.3 Å². The number of ketones is 1. The maximum atomic E-state index is 12.5. The summed E-state index contributed by atoms with van der Waals surface area (Å²) in [5.41, 5.74) is 0.570. The van der Waals surface area contributed by atoms with E-state index in [1.54, 1.807) is 24.3 Å². The van der Waals surface area contributed by atoms with Crippen molar-refractivity contribution in [3.05, 3.63) is 35.9 Å². The highest BCUT2D eigenvalue weighted by Crippen LogP contribution is 2.49. The molecule has 1 N–H and O–H groups in total. The number of methoxy groups -OCH3 is 1. The minimum absolute atomic E-state index is 0.0634. The molecule has 30 heavy (non-hydrogen) atoms. The number of nitrogens with one attached hydrogen (secondary N) is 1. The molecule has 0 saturated heterocycles. The van der Waals surface area contributed by atoms with Crippen molar-refractivity contribution in [2.75, 3.05) is 20.3 Å². The average Bonchev–Trinajstić information content (AvgIpc) is 2.68. The normalized spacial score (nSPS) is 22.7. The fourth-order valence-corrected chi connectivity index (χ4v) is 5.00. The van der Waals surface area contributed by atoms with Gasteiger partial charge in [0, 0.05) is 19.4 Å². The first-order valence-corrected chi connectivity index (χ1v) is 10.7. The lowest BCUT2D eigenvalue weighted by molar-refractivity contribution is -0.121. The predicted molar refractivity (Wildman–Crippen MR) is 115 cm³/mol. The molecule has 0 bridgehead atoms. The zero-order valence-electron chi connectivity index (χ0n) is 18.7. The van der Waals surface area contributed by atoms with Gasteiger partial charge in [-0.1, -0.05) is 39.0 Å². The van der Waals surface area contributed by atoms with E-state index in [0.717, 1.165) is 19.3 Å². The topological polar surface area (TPSA) is 81.7 Å². The van der Waals surface area contributed by atoms with Crippen LogP contribution in [0.5, 0.6) is 0 Å². The van der Waals surface area contributed by atoms with Gasteiger partial charge in [-0.15, -0.1) is 0 Å². The molecule has 2 atom stereocenters. The standard InChI is InChI=1S/C24H35NO5/c1-23(2)14-18(15-24(3,16-23)17-25-22(28)29-4)13-20(26)11-8-12-30-21(27)19-9-6-5-7-10-19/h5-7,9-10,18H,8,11-17H2,1-4H3,(H,25,28). The SMILES string of the molecule is COC(=O)NCC1(C)CC(CC(=O)CCCOC(=O)c2ccccc2)CC(C)(C)C1. The third kappa shape index (κ3) is 7.81. The van der Waals surface area contributed by atoms with Crippen molar-refractivity contribution in [2.24, 2.45) is 16.7 Å². The lowest BCUT2D eigenvalue weighted by atomic mass is 9.60. The molecule has 0 spiro atoms. The second kappa shape index (κ2) is 10.6. The van der Waals surface area contributed by atoms with Gasteiger partial charge in [0.05, 0.1) is 19.3 Å². The van der Waals surface area contributed by atoms with Gasteiger partial charge in [0.15, 0.2) is 0 Å². The average molecular weight is 418 g/mol. The Morgan fingerprint density at radius 1 is 1.10 bits per heavy atom. The van der Waals surface area contributed by atoms with Crippen LogP contribution in [0.4, 0.5) is 4.79 Å². The van der Waals surface area contributed by atoms with Crippen molar-refractivity contribution in [1.29, 1.82) is 0 Å². The minimum atomic E-state index is -0.419. The zero-order valence-corrected chi connectivity index (χ0v) is 18.7. The Balaban J connectivity index is 1.77. The minimum Gasteiger partial charge on any atom is -0.462 e. The largest absolute Gasteiger partial charge is 0.462 e. The summed E-state index contributed by atoms with van der Waals surface area (Å²) in [6.07, 6.45) is 3.95. The number of esters is 1. The maximum absolute atomic E-state index is 12.5. The fourth-order valence-electron chi connectivity index (χ4n) is 5.00. The van der Waals surface area contributed by atoms with E-state index >= 15 is 0 Å². The van der Waals surface area contributed by atoms with Crippen molar-refractivity contribution in [2.45, 2.75) is 59.3 Å². The summed E-state index contributed by atoms with van der Waals surface area (Å²) >= 11 is 0. The molecule has 6 nitrogen and oxygen atoms in total. The summed E-state index contributed by atoms with van der Waals surface area (Å²) in [5, 5.41) is 2.83. The molecule has 0 heterocycles. The molecule has 166 valence electrons. The van der Waals surface area contributed by atoms with Crippen LogP contribution >= 0.6 is 0 Å². The first kappa shape index (κ1) is 23.9.